The highest BCUT2D eigenvalue weighted by molar-refractivity contribution is 5.68. The van der Waals surface area contributed by atoms with E-state index in [-0.39, 0.29) is 12.3 Å². The molecule has 88 valence electrons. The second kappa shape index (κ2) is 4.61. The second-order valence-electron chi connectivity index (χ2n) is 4.70. The zero-order valence-electron chi connectivity index (χ0n) is 9.90. The number of nitrogens with two attached hydrogens (primary N) is 1. The molecule has 1 unspecified atom stereocenters. The minimum absolute atomic E-state index is 0.0238. The number of aryl methyl sites for hydroxylation is 1. The maximum absolute atomic E-state index is 10.9. The van der Waals surface area contributed by atoms with Crippen molar-refractivity contribution in [2.75, 3.05) is 0 Å². The molecule has 1 atom stereocenters. The van der Waals surface area contributed by atoms with Crippen molar-refractivity contribution in [3.8, 4) is 0 Å². The van der Waals surface area contributed by atoms with Crippen LogP contribution >= 0.6 is 0 Å². The van der Waals surface area contributed by atoms with E-state index < -0.39 is 11.5 Å². The Bertz CT molecular complexity index is 383. The first-order valence-corrected chi connectivity index (χ1v) is 5.23. The van der Waals surface area contributed by atoms with Crippen molar-refractivity contribution >= 4 is 5.97 Å². The van der Waals surface area contributed by atoms with Crippen molar-refractivity contribution in [3.05, 3.63) is 29.6 Å². The zero-order chi connectivity index (χ0) is 12.3. The van der Waals surface area contributed by atoms with E-state index >= 15 is 0 Å². The van der Waals surface area contributed by atoms with Crippen molar-refractivity contribution in [1.82, 2.24) is 4.98 Å². The van der Waals surface area contributed by atoms with Crippen molar-refractivity contribution in [1.29, 1.82) is 0 Å². The van der Waals surface area contributed by atoms with Gasteiger partial charge in [0, 0.05) is 23.9 Å². The van der Waals surface area contributed by atoms with Gasteiger partial charge in [-0.3, -0.25) is 9.78 Å². The molecule has 1 rings (SSSR count). The van der Waals surface area contributed by atoms with Gasteiger partial charge in [-0.15, -0.1) is 0 Å². The van der Waals surface area contributed by atoms with E-state index in [2.05, 4.69) is 4.98 Å². The Morgan fingerprint density at radius 1 is 1.62 bits per heavy atom. The molecule has 0 radical (unpaired) electrons. The van der Waals surface area contributed by atoms with Gasteiger partial charge in [0.2, 0.25) is 0 Å². The highest BCUT2D eigenvalue weighted by Gasteiger charge is 2.30. The van der Waals surface area contributed by atoms with Crippen molar-refractivity contribution < 1.29 is 9.90 Å². The Hall–Kier alpha value is -1.42. The molecule has 1 aromatic heterocycles. The smallest absolute Gasteiger partial charge is 0.304 e. The van der Waals surface area contributed by atoms with Gasteiger partial charge in [0.05, 0.1) is 6.42 Å². The van der Waals surface area contributed by atoms with E-state index in [9.17, 15) is 4.79 Å². The molecule has 4 nitrogen and oxygen atoms in total. The van der Waals surface area contributed by atoms with Gasteiger partial charge in [0.25, 0.3) is 0 Å². The number of rotatable bonds is 4. The van der Waals surface area contributed by atoms with Gasteiger partial charge in [-0.1, -0.05) is 0 Å². The lowest BCUT2D eigenvalue weighted by Gasteiger charge is -2.30. The fourth-order valence-electron chi connectivity index (χ4n) is 1.79. The zero-order valence-corrected chi connectivity index (χ0v) is 9.90. The summed E-state index contributed by atoms with van der Waals surface area (Å²) in [5.74, 6) is -1.06. The number of carboxylic acids is 1. The Morgan fingerprint density at radius 2 is 2.25 bits per heavy atom. The normalized spacial score (nSPS) is 13.5. The van der Waals surface area contributed by atoms with Gasteiger partial charge in [0.15, 0.2) is 0 Å². The van der Waals surface area contributed by atoms with Crippen molar-refractivity contribution in [3.63, 3.8) is 0 Å². The number of carbonyl (C=O) groups is 1. The quantitative estimate of drug-likeness (QED) is 0.812. The average Bonchev–Trinajstić information content (AvgIpc) is 2.13. The first-order valence-electron chi connectivity index (χ1n) is 5.23. The summed E-state index contributed by atoms with van der Waals surface area (Å²) in [5, 5.41) is 8.92. The van der Waals surface area contributed by atoms with Gasteiger partial charge >= 0.3 is 5.97 Å². The van der Waals surface area contributed by atoms with E-state index in [1.807, 2.05) is 26.8 Å². The maximum atomic E-state index is 10.9. The highest BCUT2D eigenvalue weighted by atomic mass is 16.4. The molecule has 0 aliphatic heterocycles. The maximum Gasteiger partial charge on any atom is 0.304 e. The third-order valence-electron chi connectivity index (χ3n) is 2.73. The summed E-state index contributed by atoms with van der Waals surface area (Å²) in [7, 11) is 0. The summed E-state index contributed by atoms with van der Waals surface area (Å²) < 4.78 is 0. The number of carboxylic acid groups (broad SMARTS) is 1. The van der Waals surface area contributed by atoms with Gasteiger partial charge in [-0.05, 0) is 38.0 Å². The first kappa shape index (κ1) is 12.6. The number of aliphatic carboxylic acids is 1. The molecule has 0 saturated carbocycles. The molecule has 0 saturated heterocycles. The number of hydrogen-bond donors (Lipinski definition) is 2. The average molecular weight is 222 g/mol. The van der Waals surface area contributed by atoms with E-state index in [4.69, 9.17) is 10.8 Å². The summed E-state index contributed by atoms with van der Waals surface area (Å²) in [5.41, 5.74) is 7.40. The topological polar surface area (TPSA) is 76.2 Å². The van der Waals surface area contributed by atoms with Crippen molar-refractivity contribution in [2.24, 2.45) is 5.73 Å². The summed E-state index contributed by atoms with van der Waals surface area (Å²) in [6.07, 6.45) is 3.42. The molecule has 1 aromatic rings. The minimum Gasteiger partial charge on any atom is -0.481 e. The van der Waals surface area contributed by atoms with Crippen LogP contribution in [0.5, 0.6) is 0 Å². The van der Waals surface area contributed by atoms with Crippen LogP contribution in [0.2, 0.25) is 0 Å². The van der Waals surface area contributed by atoms with E-state index in [0.717, 1.165) is 11.1 Å². The van der Waals surface area contributed by atoms with Gasteiger partial charge in [-0.2, -0.15) is 0 Å². The Morgan fingerprint density at radius 3 is 2.69 bits per heavy atom. The lowest BCUT2D eigenvalue weighted by atomic mass is 9.79. The Labute approximate surface area is 95.5 Å². The van der Waals surface area contributed by atoms with Crippen LogP contribution in [0, 0.1) is 6.92 Å². The molecule has 0 amide bonds. The number of nitrogens with zero attached hydrogens (tertiary/aromatic N) is 1. The third-order valence-corrected chi connectivity index (χ3v) is 2.73. The Kier molecular flexibility index (Phi) is 3.65. The summed E-state index contributed by atoms with van der Waals surface area (Å²) in [4.78, 5) is 14.9. The molecule has 4 heteroatoms. The number of aromatic nitrogens is 1. The molecule has 0 aliphatic carbocycles. The molecule has 0 aliphatic rings. The fourth-order valence-corrected chi connectivity index (χ4v) is 1.79. The Balaban J connectivity index is 3.12. The second-order valence-corrected chi connectivity index (χ2v) is 4.70. The van der Waals surface area contributed by atoms with Gasteiger partial charge < -0.3 is 10.8 Å². The van der Waals surface area contributed by atoms with E-state index in [1.54, 1.807) is 12.4 Å². The van der Waals surface area contributed by atoms with Crippen LogP contribution < -0.4 is 5.73 Å². The monoisotopic (exact) mass is 222 g/mol. The van der Waals surface area contributed by atoms with Crippen LogP contribution in [0.3, 0.4) is 0 Å². The summed E-state index contributed by atoms with van der Waals surface area (Å²) >= 11 is 0. The van der Waals surface area contributed by atoms with E-state index in [1.165, 1.54) is 0 Å². The predicted octanol–water partition coefficient (Wildman–Crippen LogP) is 1.69. The molecule has 16 heavy (non-hydrogen) atoms. The van der Waals surface area contributed by atoms with Crippen molar-refractivity contribution in [2.45, 2.75) is 38.6 Å². The van der Waals surface area contributed by atoms with Crippen LogP contribution in [0.4, 0.5) is 0 Å². The molecular formula is C12H18N2O2. The van der Waals surface area contributed by atoms with E-state index in [0.29, 0.717) is 0 Å². The lowest BCUT2D eigenvalue weighted by Crippen LogP contribution is -2.40. The molecular weight excluding hydrogens is 204 g/mol. The molecule has 1 heterocycles. The SMILES string of the molecule is Cc1ccncc1C(CC(=O)O)C(C)(C)N. The number of hydrogen-bond acceptors (Lipinski definition) is 3. The summed E-state index contributed by atoms with van der Waals surface area (Å²) in [6.45, 7) is 5.62. The largest absolute Gasteiger partial charge is 0.481 e. The summed E-state index contributed by atoms with van der Waals surface area (Å²) in [6, 6.07) is 1.87. The molecule has 3 N–H and O–H groups in total. The van der Waals surface area contributed by atoms with Gasteiger partial charge in [0.1, 0.15) is 0 Å². The lowest BCUT2D eigenvalue weighted by molar-refractivity contribution is -0.137. The van der Waals surface area contributed by atoms with Crippen LogP contribution in [0.25, 0.3) is 0 Å². The molecule has 0 fully saturated rings. The van der Waals surface area contributed by atoms with Crippen LogP contribution in [-0.2, 0) is 4.79 Å². The van der Waals surface area contributed by atoms with Crippen LogP contribution in [0.1, 0.15) is 37.3 Å². The molecule has 0 spiro atoms. The molecule has 0 aromatic carbocycles. The number of pyridine rings is 1. The van der Waals surface area contributed by atoms with Crippen LogP contribution in [-0.4, -0.2) is 21.6 Å². The standard InChI is InChI=1S/C12H18N2O2/c1-8-4-5-14-7-9(8)10(6-11(15)16)12(2,3)13/h4-5,7,10H,6,13H2,1-3H3,(H,15,16). The third kappa shape index (κ3) is 3.03. The highest BCUT2D eigenvalue weighted by Crippen LogP contribution is 2.31. The predicted molar refractivity (Wildman–Crippen MR) is 62.2 cm³/mol. The minimum atomic E-state index is -0.841. The van der Waals surface area contributed by atoms with Crippen LogP contribution in [0.15, 0.2) is 18.5 Å². The molecule has 0 bridgehead atoms. The van der Waals surface area contributed by atoms with Gasteiger partial charge in [-0.25, -0.2) is 0 Å². The first-order chi connectivity index (χ1) is 7.32. The fraction of sp³-hybridized carbons (Fsp3) is 0.500.